The number of benzene rings is 3. The summed E-state index contributed by atoms with van der Waals surface area (Å²) in [5, 5.41) is 14.1. The molecule has 3 aromatic carbocycles. The number of aliphatic hydroxyl groups is 1. The zero-order valence-electron chi connectivity index (χ0n) is 22.1. The molecular formula is C30H31N3O5. The highest BCUT2D eigenvalue weighted by Gasteiger charge is 2.47. The standard InChI is InChI=1S/C30H31N3O5/c1-18(2)38-25-8-6-7-21(17-25)28(35)26-27(20-9-13-23(14-10-20)32(4)5)33(30(37)29(26)36)24-15-11-22(12-16-24)31-19(3)34/h6-18,27,35H,1-5H3,(H,31,34)/b28-26-. The van der Waals surface area contributed by atoms with Gasteiger partial charge in [-0.2, -0.15) is 0 Å². The van der Waals surface area contributed by atoms with Gasteiger partial charge in [0.1, 0.15) is 11.5 Å². The number of ketones is 1. The number of nitrogens with zero attached hydrogens (tertiary/aromatic N) is 2. The van der Waals surface area contributed by atoms with E-state index in [1.54, 1.807) is 48.5 Å². The molecule has 1 aliphatic rings. The lowest BCUT2D eigenvalue weighted by Crippen LogP contribution is -2.29. The molecule has 8 heteroatoms. The second-order valence-corrected chi connectivity index (χ2v) is 9.58. The van der Waals surface area contributed by atoms with Gasteiger partial charge in [-0.3, -0.25) is 19.3 Å². The summed E-state index contributed by atoms with van der Waals surface area (Å²) in [6.45, 7) is 5.20. The molecule has 8 nitrogen and oxygen atoms in total. The number of carbonyl (C=O) groups is 3. The first-order valence-electron chi connectivity index (χ1n) is 12.3. The van der Waals surface area contributed by atoms with Gasteiger partial charge in [-0.1, -0.05) is 24.3 Å². The second kappa shape index (κ2) is 10.8. The molecule has 3 aromatic rings. The number of ether oxygens (including phenoxy) is 1. The van der Waals surface area contributed by atoms with Crippen molar-refractivity contribution in [3.8, 4) is 5.75 Å². The third-order valence-corrected chi connectivity index (χ3v) is 6.11. The van der Waals surface area contributed by atoms with E-state index in [9.17, 15) is 19.5 Å². The van der Waals surface area contributed by atoms with E-state index in [-0.39, 0.29) is 23.3 Å². The van der Waals surface area contributed by atoms with Gasteiger partial charge in [-0.15, -0.1) is 0 Å². The molecule has 4 rings (SSSR count). The summed E-state index contributed by atoms with van der Waals surface area (Å²) in [7, 11) is 3.84. The molecule has 0 saturated carbocycles. The fraction of sp³-hybridized carbons (Fsp3) is 0.233. The summed E-state index contributed by atoms with van der Waals surface area (Å²) in [6, 6.07) is 20.1. The van der Waals surface area contributed by atoms with Gasteiger partial charge in [0.2, 0.25) is 5.91 Å². The van der Waals surface area contributed by atoms with Crippen LogP contribution in [0.1, 0.15) is 37.9 Å². The average Bonchev–Trinajstić information content (AvgIpc) is 3.14. The number of carbonyl (C=O) groups excluding carboxylic acids is 3. The molecule has 2 N–H and O–H groups in total. The van der Waals surface area contributed by atoms with Crippen LogP contribution < -0.4 is 19.9 Å². The van der Waals surface area contributed by atoms with E-state index in [1.165, 1.54) is 11.8 Å². The molecule has 1 fully saturated rings. The molecule has 0 aromatic heterocycles. The lowest BCUT2D eigenvalue weighted by atomic mass is 9.94. The summed E-state index contributed by atoms with van der Waals surface area (Å²) < 4.78 is 5.76. The van der Waals surface area contributed by atoms with Crippen molar-refractivity contribution in [1.82, 2.24) is 0 Å². The number of hydrogen-bond donors (Lipinski definition) is 2. The maximum atomic E-state index is 13.4. The molecule has 1 heterocycles. The molecule has 1 saturated heterocycles. The zero-order valence-corrected chi connectivity index (χ0v) is 22.1. The van der Waals surface area contributed by atoms with E-state index in [0.717, 1.165) is 5.69 Å². The third kappa shape index (κ3) is 5.39. The van der Waals surface area contributed by atoms with Gasteiger partial charge in [0.05, 0.1) is 17.7 Å². The lowest BCUT2D eigenvalue weighted by Gasteiger charge is -2.26. The molecule has 2 amide bonds. The molecule has 0 radical (unpaired) electrons. The summed E-state index contributed by atoms with van der Waals surface area (Å²) in [5.41, 5.74) is 2.99. The molecule has 0 aliphatic carbocycles. The van der Waals surface area contributed by atoms with Crippen LogP contribution in [-0.2, 0) is 14.4 Å². The van der Waals surface area contributed by atoms with Crippen LogP contribution in [0.15, 0.2) is 78.4 Å². The molecule has 1 aliphatic heterocycles. The Kier molecular flexibility index (Phi) is 7.52. The van der Waals surface area contributed by atoms with E-state index in [1.807, 2.05) is 57.1 Å². The largest absolute Gasteiger partial charge is 0.507 e. The van der Waals surface area contributed by atoms with Gasteiger partial charge in [-0.05, 0) is 67.9 Å². The van der Waals surface area contributed by atoms with Crippen LogP contribution in [-0.4, -0.2) is 42.9 Å². The SMILES string of the molecule is CC(=O)Nc1ccc(N2C(=O)C(=O)/C(=C(\O)c3cccc(OC(C)C)c3)C2c2ccc(N(C)C)cc2)cc1. The quantitative estimate of drug-likeness (QED) is 0.258. The molecule has 0 bridgehead atoms. The third-order valence-electron chi connectivity index (χ3n) is 6.11. The van der Waals surface area contributed by atoms with Gasteiger partial charge in [0.25, 0.3) is 11.7 Å². The first-order chi connectivity index (χ1) is 18.1. The second-order valence-electron chi connectivity index (χ2n) is 9.58. The Morgan fingerprint density at radius 1 is 1.00 bits per heavy atom. The van der Waals surface area contributed by atoms with Gasteiger partial charge in [0, 0.05) is 43.6 Å². The van der Waals surface area contributed by atoms with Crippen molar-refractivity contribution in [2.45, 2.75) is 32.9 Å². The van der Waals surface area contributed by atoms with Crippen LogP contribution in [0.3, 0.4) is 0 Å². The summed E-state index contributed by atoms with van der Waals surface area (Å²) in [4.78, 5) is 41.6. The highest BCUT2D eigenvalue weighted by molar-refractivity contribution is 6.51. The van der Waals surface area contributed by atoms with Crippen LogP contribution in [0.5, 0.6) is 5.75 Å². The Bertz CT molecular complexity index is 1390. The van der Waals surface area contributed by atoms with Gasteiger partial charge in [0.15, 0.2) is 0 Å². The number of hydrogen-bond acceptors (Lipinski definition) is 6. The minimum absolute atomic E-state index is 0.0137. The van der Waals surface area contributed by atoms with Crippen LogP contribution in [0.25, 0.3) is 5.76 Å². The first-order valence-corrected chi connectivity index (χ1v) is 12.3. The van der Waals surface area contributed by atoms with Crippen molar-refractivity contribution in [2.24, 2.45) is 0 Å². The van der Waals surface area contributed by atoms with E-state index >= 15 is 0 Å². The van der Waals surface area contributed by atoms with Gasteiger partial charge < -0.3 is 20.1 Å². The monoisotopic (exact) mass is 513 g/mol. The van der Waals surface area contributed by atoms with Crippen LogP contribution in [0.4, 0.5) is 17.1 Å². The van der Waals surface area contributed by atoms with Crippen molar-refractivity contribution in [3.05, 3.63) is 89.5 Å². The number of nitrogens with one attached hydrogen (secondary N) is 1. The Morgan fingerprint density at radius 3 is 2.24 bits per heavy atom. The molecule has 0 spiro atoms. The summed E-state index contributed by atoms with van der Waals surface area (Å²) in [6.07, 6.45) is -0.0753. The fourth-order valence-electron chi connectivity index (χ4n) is 4.42. The Hall–Kier alpha value is -4.59. The van der Waals surface area contributed by atoms with Crippen LogP contribution >= 0.6 is 0 Å². The number of rotatable bonds is 7. The predicted octanol–water partition coefficient (Wildman–Crippen LogP) is 5.12. The molecule has 38 heavy (non-hydrogen) atoms. The topological polar surface area (TPSA) is 99.2 Å². The Balaban J connectivity index is 1.86. The minimum Gasteiger partial charge on any atom is -0.507 e. The summed E-state index contributed by atoms with van der Waals surface area (Å²) >= 11 is 0. The highest BCUT2D eigenvalue weighted by atomic mass is 16.5. The van der Waals surface area contributed by atoms with Crippen molar-refractivity contribution >= 4 is 40.4 Å². The lowest BCUT2D eigenvalue weighted by molar-refractivity contribution is -0.132. The maximum absolute atomic E-state index is 13.4. The molecule has 196 valence electrons. The fourth-order valence-corrected chi connectivity index (χ4v) is 4.42. The van der Waals surface area contributed by atoms with Crippen LogP contribution in [0, 0.1) is 0 Å². The zero-order chi connectivity index (χ0) is 27.6. The highest BCUT2D eigenvalue weighted by Crippen LogP contribution is 2.43. The van der Waals surface area contributed by atoms with Crippen molar-refractivity contribution in [3.63, 3.8) is 0 Å². The van der Waals surface area contributed by atoms with Gasteiger partial charge in [-0.25, -0.2) is 0 Å². The van der Waals surface area contributed by atoms with Crippen molar-refractivity contribution in [1.29, 1.82) is 0 Å². The molecular weight excluding hydrogens is 482 g/mol. The maximum Gasteiger partial charge on any atom is 0.300 e. The smallest absolute Gasteiger partial charge is 0.300 e. The van der Waals surface area contributed by atoms with Crippen LogP contribution in [0.2, 0.25) is 0 Å². The normalized spacial score (nSPS) is 16.6. The minimum atomic E-state index is -0.868. The first kappa shape index (κ1) is 26.5. The number of Topliss-reactive ketones (excluding diaryl/α,β-unsaturated/α-hetero) is 1. The van der Waals surface area contributed by atoms with Crippen molar-refractivity contribution < 1.29 is 24.2 Å². The van der Waals surface area contributed by atoms with Gasteiger partial charge >= 0.3 is 0 Å². The molecule has 1 unspecified atom stereocenters. The average molecular weight is 514 g/mol. The Morgan fingerprint density at radius 2 is 1.66 bits per heavy atom. The van der Waals surface area contributed by atoms with E-state index < -0.39 is 17.7 Å². The van der Waals surface area contributed by atoms with E-state index in [0.29, 0.717) is 28.3 Å². The van der Waals surface area contributed by atoms with Crippen molar-refractivity contribution in [2.75, 3.05) is 29.2 Å². The van der Waals surface area contributed by atoms with E-state index in [4.69, 9.17) is 4.74 Å². The number of anilines is 3. The predicted molar refractivity (Wildman–Crippen MR) is 149 cm³/mol. The Labute approximate surface area is 222 Å². The molecule has 1 atom stereocenters. The summed E-state index contributed by atoms with van der Waals surface area (Å²) in [5.74, 6) is -1.50. The number of aliphatic hydroxyl groups excluding tert-OH is 1. The van der Waals surface area contributed by atoms with E-state index in [2.05, 4.69) is 5.32 Å². The number of amides is 2.